The Bertz CT molecular complexity index is 1450. The fourth-order valence-corrected chi connectivity index (χ4v) is 4.86. The number of nitrogens with one attached hydrogen (secondary N) is 3. The maximum absolute atomic E-state index is 13.0. The Morgan fingerprint density at radius 2 is 1.79 bits per heavy atom. The molecular formula is C27H26N4OS. The van der Waals surface area contributed by atoms with E-state index in [1.165, 1.54) is 5.56 Å². The third-order valence-corrected chi connectivity index (χ3v) is 7.00. The van der Waals surface area contributed by atoms with Gasteiger partial charge in [0.1, 0.15) is 0 Å². The molecule has 3 N–H and O–H groups in total. The fourth-order valence-electron chi connectivity index (χ4n) is 4.00. The van der Waals surface area contributed by atoms with Gasteiger partial charge in [-0.25, -0.2) is 4.98 Å². The first-order valence-electron chi connectivity index (χ1n) is 11.1. The Hall–Kier alpha value is -3.64. The van der Waals surface area contributed by atoms with Gasteiger partial charge in [-0.05, 0) is 52.4 Å². The van der Waals surface area contributed by atoms with Crippen LogP contribution in [-0.2, 0) is 6.54 Å². The second-order valence-electron chi connectivity index (χ2n) is 8.49. The number of rotatable bonds is 6. The van der Waals surface area contributed by atoms with Crippen LogP contribution in [-0.4, -0.2) is 22.9 Å². The van der Waals surface area contributed by atoms with Gasteiger partial charge < -0.3 is 15.6 Å². The minimum absolute atomic E-state index is 0.0806. The fraction of sp³-hybridized carbons (Fsp3) is 0.185. The molecule has 0 aliphatic heterocycles. The van der Waals surface area contributed by atoms with Gasteiger partial charge in [0.2, 0.25) is 0 Å². The minimum Gasteiger partial charge on any atom is -0.365 e. The van der Waals surface area contributed by atoms with Crippen molar-refractivity contribution in [1.82, 2.24) is 15.3 Å². The van der Waals surface area contributed by atoms with Crippen molar-refractivity contribution in [3.05, 3.63) is 83.6 Å². The molecular weight excluding hydrogens is 428 g/mol. The number of carbonyl (C=O) groups excluding carboxylic acids is 1. The van der Waals surface area contributed by atoms with E-state index in [1.807, 2.05) is 19.2 Å². The van der Waals surface area contributed by atoms with Crippen molar-refractivity contribution >= 4 is 43.5 Å². The van der Waals surface area contributed by atoms with Crippen LogP contribution in [0.25, 0.3) is 32.2 Å². The van der Waals surface area contributed by atoms with Gasteiger partial charge in [-0.2, -0.15) is 0 Å². The molecule has 5 aromatic rings. The van der Waals surface area contributed by atoms with E-state index in [9.17, 15) is 4.79 Å². The summed E-state index contributed by atoms with van der Waals surface area (Å²) < 4.78 is 1.13. The van der Waals surface area contributed by atoms with E-state index >= 15 is 0 Å². The summed E-state index contributed by atoms with van der Waals surface area (Å²) in [4.78, 5) is 20.8. The van der Waals surface area contributed by atoms with Crippen LogP contribution in [0.2, 0.25) is 0 Å². The monoisotopic (exact) mass is 454 g/mol. The molecule has 1 amide bonds. The number of hydrogen-bond donors (Lipinski definition) is 3. The highest BCUT2D eigenvalue weighted by atomic mass is 32.1. The molecule has 0 saturated heterocycles. The Labute approximate surface area is 196 Å². The van der Waals surface area contributed by atoms with E-state index in [0.29, 0.717) is 18.0 Å². The van der Waals surface area contributed by atoms with Crippen molar-refractivity contribution in [3.63, 3.8) is 0 Å². The van der Waals surface area contributed by atoms with Crippen molar-refractivity contribution in [1.29, 1.82) is 0 Å². The lowest BCUT2D eigenvalue weighted by molar-refractivity contribution is 0.0952. The highest BCUT2D eigenvalue weighted by molar-refractivity contribution is 7.22. The largest absolute Gasteiger partial charge is 0.365 e. The molecule has 5 nitrogen and oxygen atoms in total. The second kappa shape index (κ2) is 8.71. The second-order valence-corrected chi connectivity index (χ2v) is 9.52. The van der Waals surface area contributed by atoms with E-state index in [0.717, 1.165) is 42.9 Å². The summed E-state index contributed by atoms with van der Waals surface area (Å²) in [6, 6.07) is 20.9. The van der Waals surface area contributed by atoms with Gasteiger partial charge >= 0.3 is 0 Å². The van der Waals surface area contributed by atoms with Crippen molar-refractivity contribution in [3.8, 4) is 11.1 Å². The molecule has 0 aliphatic carbocycles. The minimum atomic E-state index is -0.0806. The molecule has 33 heavy (non-hydrogen) atoms. The van der Waals surface area contributed by atoms with E-state index in [1.54, 1.807) is 17.5 Å². The number of benzene rings is 3. The molecule has 2 aromatic heterocycles. The summed E-state index contributed by atoms with van der Waals surface area (Å²) in [5.74, 6) is 0.416. The number of nitrogens with zero attached hydrogens (tertiary/aromatic N) is 1. The molecule has 0 radical (unpaired) electrons. The lowest BCUT2D eigenvalue weighted by atomic mass is 10.0. The number of thiazole rings is 1. The van der Waals surface area contributed by atoms with E-state index in [4.69, 9.17) is 0 Å². The van der Waals surface area contributed by atoms with Crippen LogP contribution in [0.4, 0.5) is 5.13 Å². The molecule has 0 spiro atoms. The first-order valence-corrected chi connectivity index (χ1v) is 11.9. The average molecular weight is 455 g/mol. The summed E-state index contributed by atoms with van der Waals surface area (Å²) in [6.45, 7) is 4.85. The Morgan fingerprint density at radius 1 is 1.03 bits per heavy atom. The Morgan fingerprint density at radius 3 is 2.55 bits per heavy atom. The number of aromatic nitrogens is 2. The number of anilines is 1. The molecule has 5 rings (SSSR count). The van der Waals surface area contributed by atoms with Crippen LogP contribution in [0, 0.1) is 0 Å². The van der Waals surface area contributed by atoms with Crippen molar-refractivity contribution in [2.24, 2.45) is 0 Å². The molecule has 3 aromatic carbocycles. The maximum Gasteiger partial charge on any atom is 0.253 e. The van der Waals surface area contributed by atoms with Gasteiger partial charge in [-0.3, -0.25) is 4.79 Å². The molecule has 0 atom stereocenters. The number of aromatic amines is 1. The number of H-pyrrole nitrogens is 1. The lowest BCUT2D eigenvalue weighted by Crippen LogP contribution is -2.22. The zero-order valence-corrected chi connectivity index (χ0v) is 19.7. The molecule has 6 heteroatoms. The standard InChI is InChI=1S/C27H26N4OS/c1-16(2)18-6-4-17(5-7-18)14-30-26(32)22-15-29-23-10-8-19(12-21(22)23)20-9-11-24-25(13-20)33-27(28-3)31-24/h4-13,15-16,29H,14H2,1-3H3,(H,28,31)(H,30,32). The topological polar surface area (TPSA) is 69.8 Å². The first kappa shape index (κ1) is 21.2. The summed E-state index contributed by atoms with van der Waals surface area (Å²) in [5, 5.41) is 7.99. The molecule has 0 aliphatic rings. The number of fused-ring (bicyclic) bond motifs is 2. The van der Waals surface area contributed by atoms with Crippen LogP contribution in [0.15, 0.2) is 66.9 Å². The van der Waals surface area contributed by atoms with Gasteiger partial charge in [0.05, 0.1) is 15.8 Å². The molecule has 2 heterocycles. The SMILES string of the molecule is CNc1nc2ccc(-c3ccc4[nH]cc(C(=O)NCc5ccc(C(C)C)cc5)c4c3)cc2s1. The van der Waals surface area contributed by atoms with E-state index in [-0.39, 0.29) is 5.91 Å². The summed E-state index contributed by atoms with van der Waals surface area (Å²) >= 11 is 1.63. The number of amides is 1. The predicted octanol–water partition coefficient (Wildman–Crippen LogP) is 6.54. The summed E-state index contributed by atoms with van der Waals surface area (Å²) in [7, 11) is 1.88. The van der Waals surface area contributed by atoms with Crippen LogP contribution in [0.1, 0.15) is 41.3 Å². The maximum atomic E-state index is 13.0. The van der Waals surface area contributed by atoms with Crippen LogP contribution in [0.3, 0.4) is 0 Å². The van der Waals surface area contributed by atoms with Gasteiger partial charge in [0.25, 0.3) is 5.91 Å². The Kier molecular flexibility index (Phi) is 5.60. The number of carbonyl (C=O) groups is 1. The van der Waals surface area contributed by atoms with Crippen molar-refractivity contribution < 1.29 is 4.79 Å². The molecule has 0 bridgehead atoms. The van der Waals surface area contributed by atoms with Crippen molar-refractivity contribution in [2.45, 2.75) is 26.3 Å². The third kappa shape index (κ3) is 4.22. The molecule has 0 saturated carbocycles. The third-order valence-electron chi connectivity index (χ3n) is 5.96. The summed E-state index contributed by atoms with van der Waals surface area (Å²) in [5.41, 5.74) is 7.15. The predicted molar refractivity (Wildman–Crippen MR) is 138 cm³/mol. The normalized spacial score (nSPS) is 11.4. The number of hydrogen-bond acceptors (Lipinski definition) is 4. The van der Waals surface area contributed by atoms with Crippen LogP contribution in [0.5, 0.6) is 0 Å². The molecule has 0 unspecified atom stereocenters. The van der Waals surface area contributed by atoms with Gasteiger partial charge in [-0.1, -0.05) is 61.6 Å². The smallest absolute Gasteiger partial charge is 0.253 e. The van der Waals surface area contributed by atoms with Gasteiger partial charge in [0, 0.05) is 30.7 Å². The quantitative estimate of drug-likeness (QED) is 0.273. The van der Waals surface area contributed by atoms with Crippen LogP contribution >= 0.6 is 11.3 Å². The van der Waals surface area contributed by atoms with Gasteiger partial charge in [-0.15, -0.1) is 0 Å². The average Bonchev–Trinajstić information content (AvgIpc) is 3.45. The molecule has 166 valence electrons. The van der Waals surface area contributed by atoms with Crippen molar-refractivity contribution in [2.75, 3.05) is 12.4 Å². The van der Waals surface area contributed by atoms with Crippen LogP contribution < -0.4 is 10.6 Å². The zero-order valence-electron chi connectivity index (χ0n) is 18.9. The molecule has 0 fully saturated rings. The highest BCUT2D eigenvalue weighted by Gasteiger charge is 2.14. The highest BCUT2D eigenvalue weighted by Crippen LogP contribution is 2.32. The zero-order chi connectivity index (χ0) is 22.9. The first-order chi connectivity index (χ1) is 16.0. The Balaban J connectivity index is 1.39. The summed E-state index contributed by atoms with van der Waals surface area (Å²) in [6.07, 6.45) is 1.79. The van der Waals surface area contributed by atoms with Gasteiger partial charge in [0.15, 0.2) is 5.13 Å². The van der Waals surface area contributed by atoms with E-state index < -0.39 is 0 Å². The van der Waals surface area contributed by atoms with E-state index in [2.05, 4.69) is 83.0 Å². The lowest BCUT2D eigenvalue weighted by Gasteiger charge is -2.08.